The minimum Gasteiger partial charge on any atom is -0.295 e. The van der Waals surface area contributed by atoms with Gasteiger partial charge in [-0.15, -0.1) is 0 Å². The van der Waals surface area contributed by atoms with Crippen molar-refractivity contribution in [3.63, 3.8) is 0 Å². The van der Waals surface area contributed by atoms with Crippen molar-refractivity contribution >= 4 is 5.78 Å². The first-order chi connectivity index (χ1) is 7.34. The Labute approximate surface area is 93.9 Å². The lowest BCUT2D eigenvalue weighted by Gasteiger charge is -1.98. The van der Waals surface area contributed by atoms with Gasteiger partial charge in [0, 0.05) is 6.42 Å². The Morgan fingerprint density at radius 3 is 2.47 bits per heavy atom. The molecule has 1 saturated carbocycles. The van der Waals surface area contributed by atoms with Gasteiger partial charge in [-0.2, -0.15) is 0 Å². The van der Waals surface area contributed by atoms with Crippen LogP contribution in [-0.2, 0) is 4.79 Å². The predicted molar refractivity (Wildman–Crippen MR) is 64.9 cm³/mol. The van der Waals surface area contributed by atoms with E-state index in [4.69, 9.17) is 0 Å². The molecule has 1 heteroatoms. The number of hydrogen-bond acceptors (Lipinski definition) is 1. The van der Waals surface area contributed by atoms with Crippen molar-refractivity contribution in [2.24, 2.45) is 0 Å². The van der Waals surface area contributed by atoms with Gasteiger partial charge in [0.05, 0.1) is 0 Å². The van der Waals surface area contributed by atoms with Gasteiger partial charge >= 0.3 is 0 Å². The van der Waals surface area contributed by atoms with Gasteiger partial charge in [-0.3, -0.25) is 4.79 Å². The first-order valence-electron chi connectivity index (χ1n) is 6.57. The average Bonchev–Trinajstić information content (AvgIpc) is 2.63. The minimum absolute atomic E-state index is 0.404. The molecule has 0 N–H and O–H groups in total. The largest absolute Gasteiger partial charge is 0.295 e. The number of carbonyl (C=O) groups is 1. The molecule has 0 radical (unpaired) electrons. The zero-order chi connectivity index (χ0) is 10.9. The Balaban J connectivity index is 1.98. The number of ketones is 1. The van der Waals surface area contributed by atoms with Gasteiger partial charge in [-0.1, -0.05) is 45.1 Å². The van der Waals surface area contributed by atoms with Crippen molar-refractivity contribution < 1.29 is 4.79 Å². The fourth-order valence-corrected chi connectivity index (χ4v) is 2.16. The van der Waals surface area contributed by atoms with E-state index in [2.05, 4.69) is 13.0 Å². The molecule has 0 aromatic heterocycles. The van der Waals surface area contributed by atoms with Gasteiger partial charge in [0.1, 0.15) is 0 Å². The summed E-state index contributed by atoms with van der Waals surface area (Å²) in [5.74, 6) is 0.404. The third kappa shape index (κ3) is 5.15. The summed E-state index contributed by atoms with van der Waals surface area (Å²) >= 11 is 0. The number of carbonyl (C=O) groups excluding carboxylic acids is 1. The highest BCUT2D eigenvalue weighted by Crippen LogP contribution is 2.21. The molecule has 0 spiro atoms. The molecule has 1 rings (SSSR count). The van der Waals surface area contributed by atoms with E-state index in [1.165, 1.54) is 38.5 Å². The molecular formula is C14H24O. The van der Waals surface area contributed by atoms with Gasteiger partial charge in [0.15, 0.2) is 5.78 Å². The third-order valence-corrected chi connectivity index (χ3v) is 3.16. The lowest BCUT2D eigenvalue weighted by molar-refractivity contribution is -0.114. The third-order valence-electron chi connectivity index (χ3n) is 3.16. The fraction of sp³-hybridized carbons (Fsp3) is 0.786. The van der Waals surface area contributed by atoms with Crippen LogP contribution in [0.25, 0.3) is 0 Å². The molecule has 0 saturated heterocycles. The van der Waals surface area contributed by atoms with Crippen molar-refractivity contribution in [1.82, 2.24) is 0 Å². The maximum atomic E-state index is 11.3. The summed E-state index contributed by atoms with van der Waals surface area (Å²) in [4.78, 5) is 11.3. The first kappa shape index (κ1) is 12.5. The SMILES string of the molecule is CCCCCCCC/C=C1/CCCC1=O. The van der Waals surface area contributed by atoms with Crippen molar-refractivity contribution in [2.45, 2.75) is 71.1 Å². The van der Waals surface area contributed by atoms with Crippen molar-refractivity contribution in [2.75, 3.05) is 0 Å². The highest BCUT2D eigenvalue weighted by molar-refractivity contribution is 5.97. The van der Waals surface area contributed by atoms with Crippen LogP contribution in [0.15, 0.2) is 11.6 Å². The fourth-order valence-electron chi connectivity index (χ4n) is 2.16. The van der Waals surface area contributed by atoms with E-state index in [1.807, 2.05) is 0 Å². The van der Waals surface area contributed by atoms with Crippen LogP contribution in [0.5, 0.6) is 0 Å². The van der Waals surface area contributed by atoms with Crippen LogP contribution in [0.2, 0.25) is 0 Å². The summed E-state index contributed by atoms with van der Waals surface area (Å²) in [6.45, 7) is 2.25. The van der Waals surface area contributed by atoms with E-state index < -0.39 is 0 Å². The maximum Gasteiger partial charge on any atom is 0.158 e. The summed E-state index contributed by atoms with van der Waals surface area (Å²) in [6.07, 6.45) is 14.3. The second-order valence-electron chi connectivity index (χ2n) is 4.56. The van der Waals surface area contributed by atoms with Crippen molar-refractivity contribution in [3.8, 4) is 0 Å². The second kappa shape index (κ2) is 7.67. The first-order valence-corrected chi connectivity index (χ1v) is 6.57. The van der Waals surface area contributed by atoms with Gasteiger partial charge in [-0.05, 0) is 31.3 Å². The molecule has 0 bridgehead atoms. The van der Waals surface area contributed by atoms with Crippen molar-refractivity contribution in [1.29, 1.82) is 0 Å². The van der Waals surface area contributed by atoms with E-state index in [0.29, 0.717) is 5.78 Å². The average molecular weight is 208 g/mol. The van der Waals surface area contributed by atoms with E-state index in [9.17, 15) is 4.79 Å². The number of hydrogen-bond donors (Lipinski definition) is 0. The summed E-state index contributed by atoms with van der Waals surface area (Å²) in [5.41, 5.74) is 1.11. The zero-order valence-corrected chi connectivity index (χ0v) is 10.1. The molecule has 0 atom stereocenters. The molecule has 0 aromatic rings. The Morgan fingerprint density at radius 1 is 1.07 bits per heavy atom. The molecule has 1 nitrogen and oxygen atoms in total. The van der Waals surface area contributed by atoms with Crippen LogP contribution in [0.1, 0.15) is 71.1 Å². The summed E-state index contributed by atoms with van der Waals surface area (Å²) in [6, 6.07) is 0. The summed E-state index contributed by atoms with van der Waals surface area (Å²) in [7, 11) is 0. The highest BCUT2D eigenvalue weighted by Gasteiger charge is 2.15. The zero-order valence-electron chi connectivity index (χ0n) is 10.1. The van der Waals surface area contributed by atoms with Gasteiger partial charge in [0.2, 0.25) is 0 Å². The molecule has 15 heavy (non-hydrogen) atoms. The standard InChI is InChI=1S/C14H24O/c1-2-3-4-5-6-7-8-10-13-11-9-12-14(13)15/h10H,2-9,11-12H2,1H3/b13-10-. The van der Waals surface area contributed by atoms with Crippen LogP contribution in [0.3, 0.4) is 0 Å². The van der Waals surface area contributed by atoms with Gasteiger partial charge < -0.3 is 0 Å². The van der Waals surface area contributed by atoms with Gasteiger partial charge in [0.25, 0.3) is 0 Å². The van der Waals surface area contributed by atoms with E-state index >= 15 is 0 Å². The second-order valence-corrected chi connectivity index (χ2v) is 4.56. The molecular weight excluding hydrogens is 184 g/mol. The maximum absolute atomic E-state index is 11.3. The smallest absolute Gasteiger partial charge is 0.158 e. The number of unbranched alkanes of at least 4 members (excludes halogenated alkanes) is 6. The molecule has 0 amide bonds. The van der Waals surface area contributed by atoms with Gasteiger partial charge in [-0.25, -0.2) is 0 Å². The molecule has 1 fully saturated rings. The monoisotopic (exact) mass is 208 g/mol. The van der Waals surface area contributed by atoms with E-state index in [-0.39, 0.29) is 0 Å². The normalized spacial score (nSPS) is 19.0. The Bertz CT molecular complexity index is 215. The lowest BCUT2D eigenvalue weighted by Crippen LogP contribution is -1.90. The number of rotatable bonds is 7. The number of Topliss-reactive ketones (excluding diaryl/α,β-unsaturated/α-hetero) is 1. The van der Waals surface area contributed by atoms with Crippen LogP contribution in [0, 0.1) is 0 Å². The molecule has 86 valence electrons. The van der Waals surface area contributed by atoms with Crippen LogP contribution >= 0.6 is 0 Å². The Morgan fingerprint density at radius 2 is 1.80 bits per heavy atom. The quantitative estimate of drug-likeness (QED) is 0.447. The topological polar surface area (TPSA) is 17.1 Å². The van der Waals surface area contributed by atoms with E-state index in [0.717, 1.165) is 31.3 Å². The highest BCUT2D eigenvalue weighted by atomic mass is 16.1. The molecule has 0 aromatic carbocycles. The summed E-state index contributed by atoms with van der Waals surface area (Å²) < 4.78 is 0. The summed E-state index contributed by atoms with van der Waals surface area (Å²) in [5, 5.41) is 0. The molecule has 1 aliphatic rings. The van der Waals surface area contributed by atoms with Crippen LogP contribution < -0.4 is 0 Å². The molecule has 0 aliphatic heterocycles. The lowest BCUT2D eigenvalue weighted by atomic mass is 10.1. The van der Waals surface area contributed by atoms with E-state index in [1.54, 1.807) is 0 Å². The number of allylic oxidation sites excluding steroid dienone is 2. The van der Waals surface area contributed by atoms with Crippen LogP contribution in [-0.4, -0.2) is 5.78 Å². The molecule has 1 aliphatic carbocycles. The van der Waals surface area contributed by atoms with Crippen LogP contribution in [0.4, 0.5) is 0 Å². The predicted octanol–water partition coefficient (Wildman–Crippen LogP) is 4.42. The van der Waals surface area contributed by atoms with Crippen molar-refractivity contribution in [3.05, 3.63) is 11.6 Å². The Kier molecular flexibility index (Phi) is 6.38. The molecule has 0 unspecified atom stereocenters. The minimum atomic E-state index is 0.404. The molecule has 0 heterocycles. The Hall–Kier alpha value is -0.590.